The number of nitrogens with one attached hydrogen (secondary N) is 2. The molecule has 0 bridgehead atoms. The van der Waals surface area contributed by atoms with E-state index in [1.165, 1.54) is 17.7 Å². The molecule has 2 aromatic carbocycles. The van der Waals surface area contributed by atoms with E-state index in [0.29, 0.717) is 19.1 Å². The fourth-order valence-electron chi connectivity index (χ4n) is 4.41. The SMILES string of the molecule is CN=C(NCc1ccc(C)cc1OCC1CCCO1)NCC1CCN(c2ccccc2)C1.I. The summed E-state index contributed by atoms with van der Waals surface area (Å²) in [5.74, 6) is 2.37. The molecule has 33 heavy (non-hydrogen) atoms. The van der Waals surface area contributed by atoms with Crippen LogP contribution in [0.25, 0.3) is 0 Å². The maximum atomic E-state index is 6.13. The lowest BCUT2D eigenvalue weighted by Crippen LogP contribution is -2.40. The normalized spacial score (nSPS) is 20.4. The van der Waals surface area contributed by atoms with Crippen LogP contribution in [0.5, 0.6) is 5.75 Å². The minimum Gasteiger partial charge on any atom is -0.491 e. The number of ether oxygens (including phenoxy) is 2. The van der Waals surface area contributed by atoms with Crippen molar-refractivity contribution in [3.63, 3.8) is 0 Å². The molecule has 2 fully saturated rings. The van der Waals surface area contributed by atoms with Gasteiger partial charge in [0.2, 0.25) is 0 Å². The Balaban J connectivity index is 0.00000306. The van der Waals surface area contributed by atoms with Crippen LogP contribution in [-0.4, -0.2) is 52.0 Å². The van der Waals surface area contributed by atoms with E-state index < -0.39 is 0 Å². The van der Waals surface area contributed by atoms with E-state index in [2.05, 4.69) is 76.0 Å². The van der Waals surface area contributed by atoms with E-state index in [1.54, 1.807) is 0 Å². The zero-order chi connectivity index (χ0) is 22.2. The summed E-state index contributed by atoms with van der Waals surface area (Å²) in [5.41, 5.74) is 3.64. The summed E-state index contributed by atoms with van der Waals surface area (Å²) in [4.78, 5) is 6.88. The van der Waals surface area contributed by atoms with Gasteiger partial charge in [-0.1, -0.05) is 30.3 Å². The first-order chi connectivity index (χ1) is 15.7. The summed E-state index contributed by atoms with van der Waals surface area (Å²) >= 11 is 0. The van der Waals surface area contributed by atoms with Gasteiger partial charge in [-0.25, -0.2) is 0 Å². The quantitative estimate of drug-likeness (QED) is 0.284. The zero-order valence-corrected chi connectivity index (χ0v) is 22.1. The van der Waals surface area contributed by atoms with Gasteiger partial charge in [0, 0.05) is 51.1 Å². The van der Waals surface area contributed by atoms with E-state index >= 15 is 0 Å². The number of hydrogen-bond acceptors (Lipinski definition) is 4. The van der Waals surface area contributed by atoms with Crippen LogP contribution >= 0.6 is 24.0 Å². The van der Waals surface area contributed by atoms with E-state index in [9.17, 15) is 0 Å². The second-order valence-electron chi connectivity index (χ2n) is 8.80. The molecule has 0 aromatic heterocycles. The zero-order valence-electron chi connectivity index (χ0n) is 19.8. The third kappa shape index (κ3) is 7.50. The number of rotatable bonds is 8. The van der Waals surface area contributed by atoms with Crippen LogP contribution in [0.4, 0.5) is 5.69 Å². The van der Waals surface area contributed by atoms with Gasteiger partial charge in [-0.05, 0) is 55.9 Å². The lowest BCUT2D eigenvalue weighted by molar-refractivity contribution is 0.0676. The van der Waals surface area contributed by atoms with Gasteiger partial charge in [0.05, 0.1) is 6.10 Å². The smallest absolute Gasteiger partial charge is 0.191 e. The molecule has 2 atom stereocenters. The fraction of sp³-hybridized carbons (Fsp3) is 0.500. The standard InChI is InChI=1S/C26H36N4O2.HI/c1-20-10-11-22(25(15-20)32-19-24-9-6-14-31-24)17-29-26(27-2)28-16-21-12-13-30(18-21)23-7-4-3-5-8-23;/h3-5,7-8,10-11,15,21,24H,6,9,12-14,16-19H2,1-2H3,(H2,27,28,29);1H. The first kappa shape index (κ1) is 25.6. The molecule has 2 N–H and O–H groups in total. The molecule has 0 radical (unpaired) electrons. The predicted octanol–water partition coefficient (Wildman–Crippen LogP) is 4.36. The second-order valence-corrected chi connectivity index (χ2v) is 8.80. The van der Waals surface area contributed by atoms with Crippen LogP contribution < -0.4 is 20.3 Å². The molecular weight excluding hydrogens is 527 g/mol. The topological polar surface area (TPSA) is 58.1 Å². The largest absolute Gasteiger partial charge is 0.491 e. The van der Waals surface area contributed by atoms with Crippen molar-refractivity contribution in [1.82, 2.24) is 10.6 Å². The van der Waals surface area contributed by atoms with Gasteiger partial charge in [0.15, 0.2) is 5.96 Å². The number of benzene rings is 2. The summed E-state index contributed by atoms with van der Waals surface area (Å²) in [6.07, 6.45) is 3.62. The average Bonchev–Trinajstić information content (AvgIpc) is 3.52. The third-order valence-electron chi connectivity index (χ3n) is 6.31. The Hall–Kier alpha value is -2.00. The van der Waals surface area contributed by atoms with Gasteiger partial charge in [0.25, 0.3) is 0 Å². The molecule has 0 saturated carbocycles. The van der Waals surface area contributed by atoms with Crippen LogP contribution in [0.15, 0.2) is 53.5 Å². The van der Waals surface area contributed by atoms with Crippen molar-refractivity contribution < 1.29 is 9.47 Å². The number of nitrogens with zero attached hydrogens (tertiary/aromatic N) is 2. The number of anilines is 1. The van der Waals surface area contributed by atoms with E-state index in [1.807, 2.05) is 7.05 Å². The molecule has 0 amide bonds. The first-order valence-corrected chi connectivity index (χ1v) is 11.8. The van der Waals surface area contributed by atoms with Crippen LogP contribution in [0.1, 0.15) is 30.4 Å². The summed E-state index contributed by atoms with van der Waals surface area (Å²) in [6, 6.07) is 17.0. The monoisotopic (exact) mass is 564 g/mol. The minimum atomic E-state index is 0. The number of aryl methyl sites for hydroxylation is 1. The Morgan fingerprint density at radius 1 is 1.15 bits per heavy atom. The van der Waals surface area contributed by atoms with Gasteiger partial charge in [-0.2, -0.15) is 0 Å². The van der Waals surface area contributed by atoms with Crippen molar-refractivity contribution in [2.45, 2.75) is 38.8 Å². The highest BCUT2D eigenvalue weighted by atomic mass is 127. The Morgan fingerprint density at radius 3 is 2.76 bits per heavy atom. The highest BCUT2D eigenvalue weighted by molar-refractivity contribution is 14.0. The molecule has 180 valence electrons. The molecule has 2 saturated heterocycles. The van der Waals surface area contributed by atoms with Crippen molar-refractivity contribution in [3.05, 3.63) is 59.7 Å². The van der Waals surface area contributed by atoms with Gasteiger partial charge in [-0.15, -0.1) is 24.0 Å². The molecule has 2 unspecified atom stereocenters. The third-order valence-corrected chi connectivity index (χ3v) is 6.31. The molecular formula is C26H37IN4O2. The van der Waals surface area contributed by atoms with Gasteiger partial charge < -0.3 is 25.0 Å². The molecule has 0 aliphatic carbocycles. The number of hydrogen-bond donors (Lipinski definition) is 2. The summed E-state index contributed by atoms with van der Waals surface area (Å²) in [6.45, 7) is 7.33. The van der Waals surface area contributed by atoms with Crippen LogP contribution in [0, 0.1) is 12.8 Å². The van der Waals surface area contributed by atoms with Gasteiger partial charge in [0.1, 0.15) is 12.4 Å². The molecule has 2 aliphatic heterocycles. The van der Waals surface area contributed by atoms with Gasteiger partial charge >= 0.3 is 0 Å². The van der Waals surface area contributed by atoms with Gasteiger partial charge in [-0.3, -0.25) is 4.99 Å². The van der Waals surface area contributed by atoms with Crippen LogP contribution in [0.2, 0.25) is 0 Å². The van der Waals surface area contributed by atoms with E-state index in [-0.39, 0.29) is 30.1 Å². The molecule has 2 heterocycles. The van der Waals surface area contributed by atoms with Crippen molar-refractivity contribution in [1.29, 1.82) is 0 Å². The Kier molecular flexibility index (Phi) is 10.1. The van der Waals surface area contributed by atoms with Crippen molar-refractivity contribution in [2.24, 2.45) is 10.9 Å². The predicted molar refractivity (Wildman–Crippen MR) is 146 cm³/mol. The summed E-state index contributed by atoms with van der Waals surface area (Å²) in [7, 11) is 1.82. The highest BCUT2D eigenvalue weighted by Gasteiger charge is 2.22. The molecule has 2 aliphatic rings. The van der Waals surface area contributed by atoms with Crippen molar-refractivity contribution >= 4 is 35.6 Å². The van der Waals surface area contributed by atoms with Crippen LogP contribution in [0.3, 0.4) is 0 Å². The molecule has 7 heteroatoms. The first-order valence-electron chi connectivity index (χ1n) is 11.8. The maximum absolute atomic E-state index is 6.13. The summed E-state index contributed by atoms with van der Waals surface area (Å²) < 4.78 is 11.8. The Morgan fingerprint density at radius 2 is 2.00 bits per heavy atom. The Labute approximate surface area is 215 Å². The molecule has 4 rings (SSSR count). The number of aliphatic imine (C=N–C) groups is 1. The molecule has 6 nitrogen and oxygen atoms in total. The average molecular weight is 565 g/mol. The lowest BCUT2D eigenvalue weighted by Gasteiger charge is -2.20. The molecule has 0 spiro atoms. The minimum absolute atomic E-state index is 0. The Bertz CT molecular complexity index is 887. The number of halogens is 1. The highest BCUT2D eigenvalue weighted by Crippen LogP contribution is 2.24. The van der Waals surface area contributed by atoms with Crippen LogP contribution in [-0.2, 0) is 11.3 Å². The molecule has 2 aromatic rings. The maximum Gasteiger partial charge on any atom is 0.191 e. The second kappa shape index (κ2) is 13.0. The summed E-state index contributed by atoms with van der Waals surface area (Å²) in [5, 5.41) is 6.97. The van der Waals surface area contributed by atoms with E-state index in [0.717, 1.165) is 56.4 Å². The number of para-hydroxylation sites is 1. The number of guanidine groups is 1. The fourth-order valence-corrected chi connectivity index (χ4v) is 4.41. The van der Waals surface area contributed by atoms with E-state index in [4.69, 9.17) is 9.47 Å². The lowest BCUT2D eigenvalue weighted by atomic mass is 10.1. The van der Waals surface area contributed by atoms with Crippen molar-refractivity contribution in [2.75, 3.05) is 44.8 Å². The van der Waals surface area contributed by atoms with Crippen molar-refractivity contribution in [3.8, 4) is 5.75 Å².